The van der Waals surface area contributed by atoms with Crippen LogP contribution in [0.1, 0.15) is 4.79 Å². The Morgan fingerprint density at radius 1 is 1.90 bits per heavy atom. The summed E-state index contributed by atoms with van der Waals surface area (Å²) in [4.78, 5) is 10.8. The summed E-state index contributed by atoms with van der Waals surface area (Å²) in [5, 5.41) is 3.73. The lowest BCUT2D eigenvalue weighted by Crippen LogP contribution is -2.21. The molecule has 0 amide bonds. The van der Waals surface area contributed by atoms with Crippen LogP contribution in [0.5, 0.6) is 0 Å². The monoisotopic (exact) mass is 203 g/mol. The van der Waals surface area contributed by atoms with E-state index in [1.54, 1.807) is 6.20 Å². The minimum atomic E-state index is -0.217. The number of aromatic nitrogens is 2. The molecule has 1 aromatic rings. The lowest BCUT2D eigenvalue weighted by atomic mass is 10.6. The molecule has 0 saturated heterocycles. The molecule has 0 bridgehead atoms. The molecule has 5 heteroatoms. The molecule has 0 atom stereocenters. The van der Waals surface area contributed by atoms with Crippen LogP contribution in [0.3, 0.4) is 0 Å². The molecule has 0 radical (unpaired) electrons. The number of rotatable bonds is 1. The van der Waals surface area contributed by atoms with E-state index in [-0.39, 0.29) is 12.5 Å². The Hall–Kier alpha value is -0.680. The summed E-state index contributed by atoms with van der Waals surface area (Å²) < 4.78 is 1.97. The standard InChI is InChI=1S/C5H6BrN3O/c6-4-2-8-9(3-4)5(10)1-7/h2-3H,1,7H2. The molecule has 4 nitrogen and oxygen atoms in total. The molecule has 0 spiro atoms. The third kappa shape index (κ3) is 1.43. The van der Waals surface area contributed by atoms with Gasteiger partial charge in [-0.25, -0.2) is 4.68 Å². The minimum absolute atomic E-state index is 0.0197. The molecule has 1 heterocycles. The van der Waals surface area contributed by atoms with Crippen LogP contribution in [0.25, 0.3) is 0 Å². The van der Waals surface area contributed by atoms with Gasteiger partial charge in [0.1, 0.15) is 0 Å². The Kier molecular flexibility index (Phi) is 2.18. The number of nitrogens with two attached hydrogens (primary N) is 1. The van der Waals surface area contributed by atoms with Crippen LogP contribution in [-0.2, 0) is 0 Å². The lowest BCUT2D eigenvalue weighted by molar-refractivity contribution is 0.0908. The summed E-state index contributed by atoms with van der Waals surface area (Å²) in [6.07, 6.45) is 3.10. The molecule has 2 N–H and O–H groups in total. The molecule has 1 rings (SSSR count). The molecule has 0 aromatic carbocycles. The Balaban J connectivity index is 2.85. The van der Waals surface area contributed by atoms with Gasteiger partial charge in [-0.2, -0.15) is 5.10 Å². The first-order valence-corrected chi connectivity index (χ1v) is 3.47. The Morgan fingerprint density at radius 2 is 2.60 bits per heavy atom. The normalized spacial score (nSPS) is 9.80. The largest absolute Gasteiger partial charge is 0.322 e. The van der Waals surface area contributed by atoms with Gasteiger partial charge in [0.15, 0.2) is 0 Å². The first kappa shape index (κ1) is 7.43. The highest BCUT2D eigenvalue weighted by molar-refractivity contribution is 9.10. The van der Waals surface area contributed by atoms with Gasteiger partial charge in [0.05, 0.1) is 17.2 Å². The van der Waals surface area contributed by atoms with E-state index in [0.29, 0.717) is 0 Å². The van der Waals surface area contributed by atoms with Gasteiger partial charge in [-0.1, -0.05) is 0 Å². The zero-order valence-electron chi connectivity index (χ0n) is 5.12. The predicted octanol–water partition coefficient (Wildman–Crippen LogP) is 0.244. The topological polar surface area (TPSA) is 60.9 Å². The molecule has 54 valence electrons. The number of carbonyl (C=O) groups excluding carboxylic acids is 1. The summed E-state index contributed by atoms with van der Waals surface area (Å²) >= 11 is 3.15. The molecule has 0 aliphatic carbocycles. The van der Waals surface area contributed by atoms with Crippen molar-refractivity contribution in [1.29, 1.82) is 0 Å². The quantitative estimate of drug-likeness (QED) is 0.712. The summed E-state index contributed by atoms with van der Waals surface area (Å²) in [6, 6.07) is 0. The van der Waals surface area contributed by atoms with Crippen LogP contribution in [0.15, 0.2) is 16.9 Å². The van der Waals surface area contributed by atoms with Crippen molar-refractivity contribution in [3.05, 3.63) is 16.9 Å². The van der Waals surface area contributed by atoms with E-state index in [4.69, 9.17) is 5.73 Å². The van der Waals surface area contributed by atoms with E-state index < -0.39 is 0 Å². The number of carbonyl (C=O) groups is 1. The zero-order valence-corrected chi connectivity index (χ0v) is 6.71. The molecule has 0 unspecified atom stereocenters. The van der Waals surface area contributed by atoms with E-state index >= 15 is 0 Å². The van der Waals surface area contributed by atoms with Crippen molar-refractivity contribution in [2.75, 3.05) is 6.54 Å². The minimum Gasteiger partial charge on any atom is -0.322 e. The Labute approximate surface area is 66.1 Å². The first-order chi connectivity index (χ1) is 4.74. The van der Waals surface area contributed by atoms with E-state index in [1.807, 2.05) is 0 Å². The van der Waals surface area contributed by atoms with Crippen LogP contribution in [-0.4, -0.2) is 22.2 Å². The third-order valence-corrected chi connectivity index (χ3v) is 1.39. The number of nitrogens with zero attached hydrogens (tertiary/aromatic N) is 2. The second-order valence-corrected chi connectivity index (χ2v) is 2.62. The second kappa shape index (κ2) is 2.94. The Morgan fingerprint density at radius 3 is 3.00 bits per heavy atom. The smallest absolute Gasteiger partial charge is 0.260 e. The highest BCUT2D eigenvalue weighted by Crippen LogP contribution is 2.05. The number of halogens is 1. The highest BCUT2D eigenvalue weighted by Gasteiger charge is 2.01. The van der Waals surface area contributed by atoms with Gasteiger partial charge in [-0.05, 0) is 15.9 Å². The van der Waals surface area contributed by atoms with E-state index in [2.05, 4.69) is 21.0 Å². The van der Waals surface area contributed by atoms with Crippen LogP contribution >= 0.6 is 15.9 Å². The number of hydrogen-bond acceptors (Lipinski definition) is 3. The maximum Gasteiger partial charge on any atom is 0.260 e. The fourth-order valence-corrected chi connectivity index (χ4v) is 0.816. The summed E-state index contributed by atoms with van der Waals surface area (Å²) in [6.45, 7) is -0.0197. The van der Waals surface area contributed by atoms with Crippen LogP contribution in [0, 0.1) is 0 Å². The van der Waals surface area contributed by atoms with Crippen LogP contribution < -0.4 is 5.73 Å². The SMILES string of the molecule is NCC(=O)n1cc(Br)cn1. The lowest BCUT2D eigenvalue weighted by Gasteiger charge is -1.92. The molecule has 0 aliphatic heterocycles. The van der Waals surface area contributed by atoms with Gasteiger partial charge in [-0.15, -0.1) is 0 Å². The average molecular weight is 204 g/mol. The van der Waals surface area contributed by atoms with Gasteiger partial charge in [-0.3, -0.25) is 4.79 Å². The van der Waals surface area contributed by atoms with E-state index in [1.165, 1.54) is 10.9 Å². The average Bonchev–Trinajstić information content (AvgIpc) is 2.34. The molecule has 10 heavy (non-hydrogen) atoms. The molecule has 1 aromatic heterocycles. The molecule has 0 fully saturated rings. The van der Waals surface area contributed by atoms with Crippen molar-refractivity contribution in [2.24, 2.45) is 5.73 Å². The van der Waals surface area contributed by atoms with Gasteiger partial charge >= 0.3 is 0 Å². The summed E-state index contributed by atoms with van der Waals surface area (Å²) in [5.41, 5.74) is 5.09. The number of hydrogen-bond donors (Lipinski definition) is 1. The van der Waals surface area contributed by atoms with Crippen molar-refractivity contribution in [3.8, 4) is 0 Å². The summed E-state index contributed by atoms with van der Waals surface area (Å²) in [7, 11) is 0. The first-order valence-electron chi connectivity index (χ1n) is 2.67. The van der Waals surface area contributed by atoms with Crippen molar-refractivity contribution in [1.82, 2.24) is 9.78 Å². The molecular weight excluding hydrogens is 198 g/mol. The van der Waals surface area contributed by atoms with E-state index in [0.717, 1.165) is 4.47 Å². The zero-order chi connectivity index (χ0) is 7.56. The van der Waals surface area contributed by atoms with Crippen LogP contribution in [0.4, 0.5) is 0 Å². The maximum absolute atomic E-state index is 10.8. The molecular formula is C5H6BrN3O. The molecule has 0 saturated carbocycles. The van der Waals surface area contributed by atoms with E-state index in [9.17, 15) is 4.79 Å². The third-order valence-electron chi connectivity index (χ3n) is 0.981. The van der Waals surface area contributed by atoms with Gasteiger partial charge in [0.25, 0.3) is 5.91 Å². The van der Waals surface area contributed by atoms with Gasteiger partial charge < -0.3 is 5.73 Å². The fraction of sp³-hybridized carbons (Fsp3) is 0.200. The maximum atomic E-state index is 10.8. The predicted molar refractivity (Wildman–Crippen MR) is 39.6 cm³/mol. The van der Waals surface area contributed by atoms with Crippen molar-refractivity contribution in [3.63, 3.8) is 0 Å². The van der Waals surface area contributed by atoms with Gasteiger partial charge in [0, 0.05) is 6.20 Å². The summed E-state index contributed by atoms with van der Waals surface area (Å²) in [5.74, 6) is -0.217. The fourth-order valence-electron chi connectivity index (χ4n) is 0.531. The van der Waals surface area contributed by atoms with Crippen molar-refractivity contribution >= 4 is 21.8 Å². The van der Waals surface area contributed by atoms with Crippen molar-refractivity contribution < 1.29 is 4.79 Å². The second-order valence-electron chi connectivity index (χ2n) is 1.70. The Bertz CT molecular complexity index is 245. The van der Waals surface area contributed by atoms with Gasteiger partial charge in [0.2, 0.25) is 0 Å². The molecule has 0 aliphatic rings. The van der Waals surface area contributed by atoms with Crippen molar-refractivity contribution in [2.45, 2.75) is 0 Å². The highest BCUT2D eigenvalue weighted by atomic mass is 79.9. The van der Waals surface area contributed by atoms with Crippen LogP contribution in [0.2, 0.25) is 0 Å².